The van der Waals surface area contributed by atoms with Crippen molar-refractivity contribution in [3.63, 3.8) is 0 Å². The lowest BCUT2D eigenvalue weighted by atomic mass is 9.82. The Hall–Kier alpha value is -1.38. The Labute approximate surface area is 115 Å². The van der Waals surface area contributed by atoms with E-state index >= 15 is 0 Å². The molecule has 0 spiro atoms. The van der Waals surface area contributed by atoms with E-state index in [1.807, 2.05) is 13.8 Å². The number of carbonyl (C=O) groups is 2. The van der Waals surface area contributed by atoms with E-state index in [9.17, 15) is 9.59 Å². The zero-order valence-corrected chi connectivity index (χ0v) is 11.9. The molecule has 1 fully saturated rings. The number of nitrogens with zero attached hydrogens (tertiary/aromatic N) is 1. The van der Waals surface area contributed by atoms with E-state index in [1.54, 1.807) is 0 Å². The van der Waals surface area contributed by atoms with E-state index in [1.165, 1.54) is 5.70 Å². The number of hydrogen-bond acceptors (Lipinski definition) is 3. The zero-order valence-electron chi connectivity index (χ0n) is 11.9. The molecule has 2 aliphatic rings. The molecule has 1 aliphatic carbocycles. The minimum Gasteiger partial charge on any atom is -0.374 e. The fourth-order valence-corrected chi connectivity index (χ4v) is 3.02. The Morgan fingerprint density at radius 1 is 1.32 bits per heavy atom. The average molecular weight is 261 g/mol. The van der Waals surface area contributed by atoms with Gasteiger partial charge in [0.2, 0.25) is 0 Å². The van der Waals surface area contributed by atoms with Crippen molar-refractivity contribution in [1.29, 1.82) is 0 Å². The monoisotopic (exact) mass is 261 g/mol. The Kier molecular flexibility index (Phi) is 4.23. The highest BCUT2D eigenvalue weighted by molar-refractivity contribution is 5.96. The first kappa shape index (κ1) is 14.0. The minimum absolute atomic E-state index is 0.202. The predicted octanol–water partition coefficient (Wildman–Crippen LogP) is 2.73. The van der Waals surface area contributed by atoms with Crippen LogP contribution in [0, 0.1) is 11.8 Å². The normalized spacial score (nSPS) is 25.7. The molecule has 1 unspecified atom stereocenters. The summed E-state index contributed by atoms with van der Waals surface area (Å²) in [5.74, 6) is 0.746. The SMILES string of the molecule is C=C(C)C1CC(=O)C(C)=C(N2CCC(C=O)CC2)C1. The average Bonchev–Trinajstić information content (AvgIpc) is 2.41. The number of piperidine rings is 1. The molecule has 1 heterocycles. The van der Waals surface area contributed by atoms with Crippen molar-refractivity contribution < 1.29 is 9.59 Å². The van der Waals surface area contributed by atoms with Crippen molar-refractivity contribution in [1.82, 2.24) is 4.90 Å². The fraction of sp³-hybridized carbons (Fsp3) is 0.625. The lowest BCUT2D eigenvalue weighted by molar-refractivity contribution is -0.117. The topological polar surface area (TPSA) is 37.4 Å². The summed E-state index contributed by atoms with van der Waals surface area (Å²) in [5, 5.41) is 0. The Bertz CT molecular complexity index is 428. The van der Waals surface area contributed by atoms with Crippen LogP contribution in [0.4, 0.5) is 0 Å². The van der Waals surface area contributed by atoms with Crippen LogP contribution in [0.5, 0.6) is 0 Å². The molecule has 1 saturated heterocycles. The molecule has 104 valence electrons. The summed E-state index contributed by atoms with van der Waals surface area (Å²) in [5.41, 5.74) is 3.21. The van der Waals surface area contributed by atoms with Gasteiger partial charge in [-0.2, -0.15) is 0 Å². The van der Waals surface area contributed by atoms with Crippen molar-refractivity contribution in [2.75, 3.05) is 13.1 Å². The van der Waals surface area contributed by atoms with E-state index in [0.717, 1.165) is 49.8 Å². The van der Waals surface area contributed by atoms with Crippen molar-refractivity contribution >= 4 is 12.1 Å². The van der Waals surface area contributed by atoms with Gasteiger partial charge in [0, 0.05) is 36.7 Å². The van der Waals surface area contributed by atoms with Gasteiger partial charge >= 0.3 is 0 Å². The lowest BCUT2D eigenvalue weighted by Gasteiger charge is -2.38. The number of aldehydes is 1. The quantitative estimate of drug-likeness (QED) is 0.579. The van der Waals surface area contributed by atoms with Gasteiger partial charge in [-0.05, 0) is 39.0 Å². The van der Waals surface area contributed by atoms with Crippen LogP contribution in [-0.4, -0.2) is 30.1 Å². The summed E-state index contributed by atoms with van der Waals surface area (Å²) in [7, 11) is 0. The molecule has 0 saturated carbocycles. The summed E-state index contributed by atoms with van der Waals surface area (Å²) in [4.78, 5) is 25.2. The van der Waals surface area contributed by atoms with Gasteiger partial charge < -0.3 is 9.69 Å². The second-order valence-electron chi connectivity index (χ2n) is 5.91. The van der Waals surface area contributed by atoms with Crippen LogP contribution in [0.3, 0.4) is 0 Å². The standard InChI is InChI=1S/C16H23NO2/c1-11(2)14-8-15(12(3)16(19)9-14)17-6-4-13(10-18)5-7-17/h10,13-14H,1,4-9H2,2-3H3. The number of carbonyl (C=O) groups excluding carboxylic acids is 2. The van der Waals surface area contributed by atoms with E-state index in [0.29, 0.717) is 6.42 Å². The maximum absolute atomic E-state index is 12.1. The van der Waals surface area contributed by atoms with Gasteiger partial charge in [-0.3, -0.25) is 4.79 Å². The molecule has 0 amide bonds. The molecular formula is C16H23NO2. The number of Topliss-reactive ketones (excluding diaryl/α,β-unsaturated/α-hetero) is 1. The molecular weight excluding hydrogens is 238 g/mol. The van der Waals surface area contributed by atoms with E-state index in [2.05, 4.69) is 11.5 Å². The second-order valence-corrected chi connectivity index (χ2v) is 5.91. The molecule has 1 aliphatic heterocycles. The highest BCUT2D eigenvalue weighted by Gasteiger charge is 2.30. The molecule has 3 heteroatoms. The summed E-state index contributed by atoms with van der Waals surface area (Å²) < 4.78 is 0. The first-order valence-corrected chi connectivity index (χ1v) is 7.11. The Morgan fingerprint density at radius 3 is 2.47 bits per heavy atom. The van der Waals surface area contributed by atoms with Crippen molar-refractivity contribution in [2.24, 2.45) is 11.8 Å². The van der Waals surface area contributed by atoms with Crippen molar-refractivity contribution in [3.8, 4) is 0 Å². The fourth-order valence-electron chi connectivity index (χ4n) is 3.02. The molecule has 1 atom stereocenters. The number of hydrogen-bond donors (Lipinski definition) is 0. The van der Waals surface area contributed by atoms with Crippen molar-refractivity contribution in [3.05, 3.63) is 23.4 Å². The van der Waals surface area contributed by atoms with E-state index in [-0.39, 0.29) is 17.6 Å². The molecule has 0 aromatic rings. The predicted molar refractivity (Wildman–Crippen MR) is 75.6 cm³/mol. The smallest absolute Gasteiger partial charge is 0.160 e. The van der Waals surface area contributed by atoms with Gasteiger partial charge in [-0.15, -0.1) is 0 Å². The van der Waals surface area contributed by atoms with Crippen LogP contribution in [0.1, 0.15) is 39.5 Å². The largest absolute Gasteiger partial charge is 0.374 e. The molecule has 19 heavy (non-hydrogen) atoms. The maximum atomic E-state index is 12.1. The van der Waals surface area contributed by atoms with Crippen LogP contribution in [0.25, 0.3) is 0 Å². The molecule has 0 N–H and O–H groups in total. The van der Waals surface area contributed by atoms with Crippen LogP contribution >= 0.6 is 0 Å². The zero-order chi connectivity index (χ0) is 14.0. The van der Waals surface area contributed by atoms with Gasteiger partial charge in [0.05, 0.1) is 0 Å². The first-order valence-electron chi connectivity index (χ1n) is 7.11. The number of allylic oxidation sites excluding steroid dienone is 3. The molecule has 0 aromatic heterocycles. The Morgan fingerprint density at radius 2 is 1.95 bits per heavy atom. The number of ketones is 1. The van der Waals surface area contributed by atoms with Crippen LogP contribution < -0.4 is 0 Å². The van der Waals surface area contributed by atoms with Gasteiger partial charge in [0.25, 0.3) is 0 Å². The van der Waals surface area contributed by atoms with Gasteiger partial charge in [0.1, 0.15) is 6.29 Å². The summed E-state index contributed by atoms with van der Waals surface area (Å²) in [6.45, 7) is 9.75. The molecule has 0 radical (unpaired) electrons. The maximum Gasteiger partial charge on any atom is 0.160 e. The van der Waals surface area contributed by atoms with Crippen LogP contribution in [0.2, 0.25) is 0 Å². The van der Waals surface area contributed by atoms with Gasteiger partial charge in [-0.25, -0.2) is 0 Å². The first-order chi connectivity index (χ1) is 9.02. The van der Waals surface area contributed by atoms with Crippen molar-refractivity contribution in [2.45, 2.75) is 39.5 Å². The molecule has 2 rings (SSSR count). The number of rotatable bonds is 3. The molecule has 3 nitrogen and oxygen atoms in total. The van der Waals surface area contributed by atoms with Gasteiger partial charge in [-0.1, -0.05) is 12.2 Å². The lowest BCUT2D eigenvalue weighted by Crippen LogP contribution is -2.37. The highest BCUT2D eigenvalue weighted by Crippen LogP contribution is 2.34. The second kappa shape index (κ2) is 5.72. The highest BCUT2D eigenvalue weighted by atomic mass is 16.1. The molecule has 0 bridgehead atoms. The van der Waals surface area contributed by atoms with Gasteiger partial charge in [0.15, 0.2) is 5.78 Å². The number of likely N-dealkylation sites (tertiary alicyclic amines) is 1. The van der Waals surface area contributed by atoms with Crippen LogP contribution in [-0.2, 0) is 9.59 Å². The minimum atomic E-state index is 0.202. The third kappa shape index (κ3) is 2.96. The summed E-state index contributed by atoms with van der Waals surface area (Å²) >= 11 is 0. The Balaban J connectivity index is 2.13. The summed E-state index contributed by atoms with van der Waals surface area (Å²) in [6, 6.07) is 0. The van der Waals surface area contributed by atoms with Crippen LogP contribution in [0.15, 0.2) is 23.4 Å². The molecule has 0 aromatic carbocycles. The third-order valence-electron chi connectivity index (χ3n) is 4.53. The van der Waals surface area contributed by atoms with E-state index in [4.69, 9.17) is 0 Å². The third-order valence-corrected chi connectivity index (χ3v) is 4.53. The van der Waals surface area contributed by atoms with E-state index < -0.39 is 0 Å². The summed E-state index contributed by atoms with van der Waals surface area (Å²) in [6.07, 6.45) is 4.42.